The van der Waals surface area contributed by atoms with Crippen molar-refractivity contribution >= 4 is 41.4 Å². The third-order valence-electron chi connectivity index (χ3n) is 3.77. The van der Waals surface area contributed by atoms with E-state index in [1.54, 1.807) is 11.8 Å². The molecule has 6 nitrogen and oxygen atoms in total. The number of aromatic nitrogens is 5. The van der Waals surface area contributed by atoms with Crippen LogP contribution in [0.1, 0.15) is 0 Å². The van der Waals surface area contributed by atoms with Gasteiger partial charge in [0.25, 0.3) is 0 Å². The fraction of sp³-hybridized carbons (Fsp3) is 0.438. The van der Waals surface area contributed by atoms with Crippen molar-refractivity contribution in [1.29, 1.82) is 0 Å². The van der Waals surface area contributed by atoms with Crippen molar-refractivity contribution in [2.75, 3.05) is 12.9 Å². The maximum absolute atomic E-state index is 5.76. The highest BCUT2D eigenvalue weighted by molar-refractivity contribution is 9.10. The molecule has 3 aromatic rings. The lowest BCUT2D eigenvalue weighted by Gasteiger charge is -2.15. The van der Waals surface area contributed by atoms with E-state index in [-0.39, 0.29) is 0 Å². The maximum Gasteiger partial charge on any atom is 0.170 e. The van der Waals surface area contributed by atoms with Gasteiger partial charge in [-0.2, -0.15) is 5.10 Å². The molecule has 3 heterocycles. The summed E-state index contributed by atoms with van der Waals surface area (Å²) in [5.74, 6) is 0. The Bertz CT molecular complexity index is 873. The summed E-state index contributed by atoms with van der Waals surface area (Å²) < 4.78 is 10.4. The third kappa shape index (κ3) is 4.52. The summed E-state index contributed by atoms with van der Waals surface area (Å²) in [7, 11) is -1.06. The van der Waals surface area contributed by atoms with Crippen LogP contribution in [0.5, 0.6) is 0 Å². The zero-order valence-electron chi connectivity index (χ0n) is 14.9. The smallest absolute Gasteiger partial charge is 0.170 e. The topological polar surface area (TPSA) is 57.2 Å². The van der Waals surface area contributed by atoms with Gasteiger partial charge in [-0.3, -0.25) is 4.40 Å². The number of thioether (sulfide) groups is 1. The van der Waals surface area contributed by atoms with Gasteiger partial charge in [0.1, 0.15) is 16.4 Å². The van der Waals surface area contributed by atoms with Crippen LogP contribution in [0.15, 0.2) is 34.4 Å². The lowest BCUT2D eigenvalue weighted by atomic mass is 10.3. The molecule has 134 valence electrons. The van der Waals surface area contributed by atoms with Gasteiger partial charge < -0.3 is 4.74 Å². The highest BCUT2D eigenvalue weighted by Gasteiger charge is 2.14. The van der Waals surface area contributed by atoms with Crippen molar-refractivity contribution in [1.82, 2.24) is 24.1 Å². The summed E-state index contributed by atoms with van der Waals surface area (Å²) in [5.41, 5.74) is 2.85. The molecule has 0 spiro atoms. The Labute approximate surface area is 161 Å². The Balaban J connectivity index is 1.76. The van der Waals surface area contributed by atoms with Gasteiger partial charge in [0.2, 0.25) is 0 Å². The van der Waals surface area contributed by atoms with Crippen LogP contribution < -0.4 is 0 Å². The van der Waals surface area contributed by atoms with E-state index in [2.05, 4.69) is 50.6 Å². The number of fused-ring (bicyclic) bond motifs is 1. The fourth-order valence-electron chi connectivity index (χ4n) is 2.39. The molecule has 0 amide bonds. The fourth-order valence-corrected chi connectivity index (χ4v) is 4.16. The molecule has 0 radical (unpaired) electrons. The lowest BCUT2D eigenvalue weighted by Crippen LogP contribution is -2.22. The molecule has 9 heteroatoms. The lowest BCUT2D eigenvalue weighted by molar-refractivity contribution is 0.0786. The summed E-state index contributed by atoms with van der Waals surface area (Å²) in [6, 6.07) is 1.16. The van der Waals surface area contributed by atoms with Gasteiger partial charge in [-0.15, -0.1) is 11.8 Å². The van der Waals surface area contributed by atoms with Crippen LogP contribution in [-0.4, -0.2) is 45.1 Å². The first-order chi connectivity index (χ1) is 11.9. The number of hydrogen-bond donors (Lipinski definition) is 0. The minimum atomic E-state index is -1.06. The molecule has 0 aliphatic carbocycles. The molecule has 0 N–H and O–H groups in total. The molecule has 0 atom stereocenters. The van der Waals surface area contributed by atoms with Gasteiger partial charge in [-0.25, -0.2) is 14.6 Å². The maximum atomic E-state index is 5.76. The number of imidazole rings is 1. The number of halogens is 1. The Morgan fingerprint density at radius 2 is 2.04 bits per heavy atom. The van der Waals surface area contributed by atoms with E-state index in [1.807, 2.05) is 40.1 Å². The predicted molar refractivity (Wildman–Crippen MR) is 108 cm³/mol. The first-order valence-electron chi connectivity index (χ1n) is 8.05. The van der Waals surface area contributed by atoms with Gasteiger partial charge in [0.05, 0.1) is 18.1 Å². The summed E-state index contributed by atoms with van der Waals surface area (Å²) in [6.45, 7) is 8.31. The van der Waals surface area contributed by atoms with Crippen molar-refractivity contribution < 1.29 is 4.74 Å². The SMILES string of the molecule is CSc1nc(Br)cn2c(-c3cnn(COCC[Si](C)(C)C)c3)cnc12. The molecule has 0 aromatic carbocycles. The monoisotopic (exact) mass is 439 g/mol. The van der Waals surface area contributed by atoms with Crippen molar-refractivity contribution in [3.05, 3.63) is 29.4 Å². The first kappa shape index (κ1) is 18.6. The standard InChI is InChI=1S/C16H22BrN5OSSi/c1-24-16-15-18-8-13(22(15)10-14(17)20-16)12-7-19-21(9-12)11-23-5-6-25(2,3)4/h7-10H,5-6,11H2,1-4H3. The number of ether oxygens (including phenoxy) is 1. The van der Waals surface area contributed by atoms with Crippen molar-refractivity contribution in [2.24, 2.45) is 0 Å². The van der Waals surface area contributed by atoms with Crippen molar-refractivity contribution in [3.8, 4) is 11.3 Å². The van der Waals surface area contributed by atoms with Crippen LogP contribution in [-0.2, 0) is 11.5 Å². The second-order valence-corrected chi connectivity index (χ2v) is 14.3. The molecule has 0 saturated heterocycles. The molecule has 0 unspecified atom stereocenters. The van der Waals surface area contributed by atoms with Crippen LogP contribution in [0.2, 0.25) is 25.7 Å². The molecular formula is C16H22BrN5OSSi. The van der Waals surface area contributed by atoms with Gasteiger partial charge >= 0.3 is 0 Å². The van der Waals surface area contributed by atoms with E-state index >= 15 is 0 Å². The number of nitrogens with zero attached hydrogens (tertiary/aromatic N) is 5. The average Bonchev–Trinajstić information content (AvgIpc) is 3.16. The number of rotatable bonds is 7. The summed E-state index contributed by atoms with van der Waals surface area (Å²) in [6.07, 6.45) is 9.62. The van der Waals surface area contributed by atoms with Gasteiger partial charge in [0, 0.05) is 32.6 Å². The Kier molecular flexibility index (Phi) is 5.67. The summed E-state index contributed by atoms with van der Waals surface area (Å²) in [4.78, 5) is 8.97. The van der Waals surface area contributed by atoms with Crippen LogP contribution in [0, 0.1) is 0 Å². The van der Waals surface area contributed by atoms with E-state index in [0.29, 0.717) is 6.73 Å². The zero-order valence-corrected chi connectivity index (χ0v) is 18.3. The minimum absolute atomic E-state index is 0.475. The van der Waals surface area contributed by atoms with Crippen molar-refractivity contribution in [3.63, 3.8) is 0 Å². The summed E-state index contributed by atoms with van der Waals surface area (Å²) >= 11 is 5.05. The van der Waals surface area contributed by atoms with Crippen LogP contribution in [0.25, 0.3) is 16.9 Å². The molecule has 0 aliphatic heterocycles. The molecule has 3 rings (SSSR count). The second kappa shape index (κ2) is 7.61. The minimum Gasteiger partial charge on any atom is -0.360 e. The molecule has 0 aliphatic rings. The molecule has 0 bridgehead atoms. The Hall–Kier alpha value is -1.16. The number of hydrogen-bond acceptors (Lipinski definition) is 5. The Morgan fingerprint density at radius 3 is 2.76 bits per heavy atom. The van der Waals surface area contributed by atoms with E-state index in [0.717, 1.165) is 39.2 Å². The normalized spacial score (nSPS) is 12.2. The third-order valence-corrected chi connectivity index (χ3v) is 6.52. The Morgan fingerprint density at radius 1 is 1.24 bits per heavy atom. The molecule has 3 aromatic heterocycles. The highest BCUT2D eigenvalue weighted by Crippen LogP contribution is 2.26. The van der Waals surface area contributed by atoms with Crippen molar-refractivity contribution in [2.45, 2.75) is 37.4 Å². The molecule has 0 saturated carbocycles. The molecule has 25 heavy (non-hydrogen) atoms. The summed E-state index contributed by atoms with van der Waals surface area (Å²) in [5, 5.41) is 5.30. The largest absolute Gasteiger partial charge is 0.360 e. The van der Waals surface area contributed by atoms with Crippen LogP contribution in [0.4, 0.5) is 0 Å². The van der Waals surface area contributed by atoms with Crippen LogP contribution in [0.3, 0.4) is 0 Å². The van der Waals surface area contributed by atoms with Crippen LogP contribution >= 0.6 is 27.7 Å². The van der Waals surface area contributed by atoms with E-state index < -0.39 is 8.07 Å². The quantitative estimate of drug-likeness (QED) is 0.310. The van der Waals surface area contributed by atoms with Gasteiger partial charge in [-0.05, 0) is 28.2 Å². The van der Waals surface area contributed by atoms with E-state index in [1.165, 1.54) is 0 Å². The van der Waals surface area contributed by atoms with Gasteiger partial charge in [0.15, 0.2) is 5.65 Å². The highest BCUT2D eigenvalue weighted by atomic mass is 79.9. The van der Waals surface area contributed by atoms with E-state index in [9.17, 15) is 0 Å². The first-order valence-corrected chi connectivity index (χ1v) is 13.8. The van der Waals surface area contributed by atoms with Gasteiger partial charge in [-0.1, -0.05) is 19.6 Å². The zero-order chi connectivity index (χ0) is 18.0. The molecule has 0 fully saturated rings. The second-order valence-electron chi connectivity index (χ2n) is 7.03. The van der Waals surface area contributed by atoms with E-state index in [4.69, 9.17) is 4.74 Å². The average molecular weight is 440 g/mol. The predicted octanol–water partition coefficient (Wildman–Crippen LogP) is 4.39. The molecular weight excluding hydrogens is 418 g/mol.